The Kier molecular flexibility index (Phi) is 4.57. The summed E-state index contributed by atoms with van der Waals surface area (Å²) in [5.74, 6) is 0.485. The summed E-state index contributed by atoms with van der Waals surface area (Å²) < 4.78 is 0. The van der Waals surface area contributed by atoms with Crippen LogP contribution in [0.4, 0.5) is 0 Å². The van der Waals surface area contributed by atoms with Gasteiger partial charge in [0, 0.05) is 13.1 Å². The second-order valence-corrected chi connectivity index (χ2v) is 5.07. The third-order valence-corrected chi connectivity index (χ3v) is 3.81. The Bertz CT molecular complexity index is 325. The molecule has 1 aromatic carbocycles. The van der Waals surface area contributed by atoms with Crippen LogP contribution < -0.4 is 0 Å². The van der Waals surface area contributed by atoms with Crippen molar-refractivity contribution in [2.24, 2.45) is 5.92 Å². The van der Waals surface area contributed by atoms with Crippen molar-refractivity contribution in [3.05, 3.63) is 35.9 Å². The van der Waals surface area contributed by atoms with Crippen molar-refractivity contribution in [3.8, 4) is 0 Å². The molecule has 2 unspecified atom stereocenters. The maximum atomic E-state index is 9.87. The molecule has 17 heavy (non-hydrogen) atoms. The molecule has 0 heterocycles. The zero-order valence-electron chi connectivity index (χ0n) is 10.7. The van der Waals surface area contributed by atoms with Crippen molar-refractivity contribution < 1.29 is 5.11 Å². The summed E-state index contributed by atoms with van der Waals surface area (Å²) in [6, 6.07) is 10.6. The fraction of sp³-hybridized carbons (Fsp3) is 0.600. The van der Waals surface area contributed by atoms with E-state index < -0.39 is 0 Å². The minimum atomic E-state index is -0.0696. The summed E-state index contributed by atoms with van der Waals surface area (Å²) in [6.45, 7) is 5.29. The van der Waals surface area contributed by atoms with E-state index in [2.05, 4.69) is 42.2 Å². The Morgan fingerprint density at radius 2 is 2.00 bits per heavy atom. The highest BCUT2D eigenvalue weighted by atomic mass is 16.3. The van der Waals surface area contributed by atoms with Crippen LogP contribution in [0.2, 0.25) is 0 Å². The molecule has 0 bridgehead atoms. The topological polar surface area (TPSA) is 23.5 Å². The van der Waals surface area contributed by atoms with Gasteiger partial charge in [-0.25, -0.2) is 0 Å². The number of aliphatic hydroxyl groups excluding tert-OH is 1. The molecule has 2 rings (SSSR count). The van der Waals surface area contributed by atoms with Gasteiger partial charge in [-0.1, -0.05) is 43.7 Å². The van der Waals surface area contributed by atoms with Gasteiger partial charge in [0.05, 0.1) is 6.10 Å². The van der Waals surface area contributed by atoms with Crippen LogP contribution in [0.1, 0.15) is 31.7 Å². The zero-order chi connectivity index (χ0) is 12.1. The van der Waals surface area contributed by atoms with Crippen LogP contribution in [0.25, 0.3) is 0 Å². The molecule has 94 valence electrons. The first-order valence-corrected chi connectivity index (χ1v) is 6.74. The molecule has 1 N–H and O–H groups in total. The van der Waals surface area contributed by atoms with Gasteiger partial charge in [0.15, 0.2) is 0 Å². The van der Waals surface area contributed by atoms with Crippen LogP contribution in [0.3, 0.4) is 0 Å². The van der Waals surface area contributed by atoms with E-state index in [4.69, 9.17) is 0 Å². The average molecular weight is 233 g/mol. The van der Waals surface area contributed by atoms with E-state index in [9.17, 15) is 5.11 Å². The second kappa shape index (κ2) is 6.18. The predicted molar refractivity (Wildman–Crippen MR) is 70.7 cm³/mol. The van der Waals surface area contributed by atoms with Gasteiger partial charge in [-0.15, -0.1) is 0 Å². The van der Waals surface area contributed by atoms with Crippen LogP contribution in [0.5, 0.6) is 0 Å². The maximum absolute atomic E-state index is 9.87. The first-order valence-electron chi connectivity index (χ1n) is 6.74. The molecule has 1 aliphatic carbocycles. The van der Waals surface area contributed by atoms with Crippen molar-refractivity contribution in [1.29, 1.82) is 0 Å². The van der Waals surface area contributed by atoms with Crippen LogP contribution in [-0.2, 0) is 6.54 Å². The lowest BCUT2D eigenvalue weighted by Crippen LogP contribution is -2.32. The van der Waals surface area contributed by atoms with E-state index >= 15 is 0 Å². The molecule has 1 aromatic rings. The molecular weight excluding hydrogens is 210 g/mol. The van der Waals surface area contributed by atoms with Gasteiger partial charge in [0.25, 0.3) is 0 Å². The molecule has 1 aliphatic rings. The molecule has 0 aromatic heterocycles. The van der Waals surface area contributed by atoms with E-state index in [1.165, 1.54) is 18.4 Å². The number of hydrogen-bond acceptors (Lipinski definition) is 2. The average Bonchev–Trinajstić information content (AvgIpc) is 2.75. The molecule has 0 amide bonds. The van der Waals surface area contributed by atoms with Crippen molar-refractivity contribution in [3.63, 3.8) is 0 Å². The minimum absolute atomic E-state index is 0.0696. The van der Waals surface area contributed by atoms with Gasteiger partial charge in [-0.05, 0) is 30.9 Å². The quantitative estimate of drug-likeness (QED) is 0.845. The Labute approximate surface area is 104 Å². The van der Waals surface area contributed by atoms with E-state index in [1.54, 1.807) is 0 Å². The summed E-state index contributed by atoms with van der Waals surface area (Å²) >= 11 is 0. The van der Waals surface area contributed by atoms with Crippen molar-refractivity contribution in [1.82, 2.24) is 4.90 Å². The van der Waals surface area contributed by atoms with Gasteiger partial charge in [0.2, 0.25) is 0 Å². The van der Waals surface area contributed by atoms with Gasteiger partial charge in [-0.3, -0.25) is 4.90 Å². The van der Waals surface area contributed by atoms with E-state index in [1.807, 2.05) is 0 Å². The van der Waals surface area contributed by atoms with Crippen LogP contribution in [0, 0.1) is 5.92 Å². The predicted octanol–water partition coefficient (Wildman–Crippen LogP) is 2.67. The van der Waals surface area contributed by atoms with Gasteiger partial charge >= 0.3 is 0 Å². The minimum Gasteiger partial charge on any atom is -0.393 e. The van der Waals surface area contributed by atoms with Crippen LogP contribution in [-0.4, -0.2) is 29.2 Å². The molecular formula is C15H23NO. The zero-order valence-corrected chi connectivity index (χ0v) is 10.7. The Morgan fingerprint density at radius 3 is 2.59 bits per heavy atom. The van der Waals surface area contributed by atoms with Gasteiger partial charge in [0.1, 0.15) is 0 Å². The van der Waals surface area contributed by atoms with E-state index in [0.717, 1.165) is 26.1 Å². The number of aliphatic hydroxyl groups is 1. The summed E-state index contributed by atoms with van der Waals surface area (Å²) in [7, 11) is 0. The molecule has 2 atom stereocenters. The van der Waals surface area contributed by atoms with Crippen molar-refractivity contribution >= 4 is 0 Å². The Balaban J connectivity index is 1.88. The molecule has 0 radical (unpaired) electrons. The molecule has 0 aliphatic heterocycles. The van der Waals surface area contributed by atoms with Gasteiger partial charge in [-0.2, -0.15) is 0 Å². The van der Waals surface area contributed by atoms with Crippen LogP contribution >= 0.6 is 0 Å². The normalized spacial score (nSPS) is 24.4. The second-order valence-electron chi connectivity index (χ2n) is 5.07. The Morgan fingerprint density at radius 1 is 1.24 bits per heavy atom. The maximum Gasteiger partial charge on any atom is 0.0580 e. The summed E-state index contributed by atoms with van der Waals surface area (Å²) in [6.07, 6.45) is 3.30. The molecule has 2 nitrogen and oxygen atoms in total. The first kappa shape index (κ1) is 12.6. The monoisotopic (exact) mass is 233 g/mol. The highest BCUT2D eigenvalue weighted by molar-refractivity contribution is 5.14. The fourth-order valence-corrected chi connectivity index (χ4v) is 2.71. The fourth-order valence-electron chi connectivity index (χ4n) is 2.71. The lowest BCUT2D eigenvalue weighted by atomic mass is 10.0. The number of hydrogen-bond donors (Lipinski definition) is 1. The summed E-state index contributed by atoms with van der Waals surface area (Å²) in [4.78, 5) is 2.44. The third kappa shape index (κ3) is 3.55. The molecule has 1 fully saturated rings. The first-order chi connectivity index (χ1) is 8.29. The molecule has 1 saturated carbocycles. The lowest BCUT2D eigenvalue weighted by Gasteiger charge is -2.25. The van der Waals surface area contributed by atoms with Gasteiger partial charge < -0.3 is 5.11 Å². The number of nitrogens with zero attached hydrogens (tertiary/aromatic N) is 1. The highest BCUT2D eigenvalue weighted by Crippen LogP contribution is 2.26. The van der Waals surface area contributed by atoms with Crippen LogP contribution in [0.15, 0.2) is 30.3 Å². The summed E-state index contributed by atoms with van der Waals surface area (Å²) in [5, 5.41) is 9.87. The molecule has 0 saturated heterocycles. The summed E-state index contributed by atoms with van der Waals surface area (Å²) in [5.41, 5.74) is 1.36. The highest BCUT2D eigenvalue weighted by Gasteiger charge is 2.26. The molecule has 0 spiro atoms. The number of benzene rings is 1. The van der Waals surface area contributed by atoms with Crippen molar-refractivity contribution in [2.75, 3.05) is 13.1 Å². The smallest absolute Gasteiger partial charge is 0.0580 e. The van der Waals surface area contributed by atoms with E-state index in [-0.39, 0.29) is 6.10 Å². The standard InChI is InChI=1S/C15H23NO/c1-2-16(11-13-7-4-3-5-8-13)12-14-9-6-10-15(14)17/h3-5,7-8,14-15,17H,2,6,9-12H2,1H3. The largest absolute Gasteiger partial charge is 0.393 e. The van der Waals surface area contributed by atoms with E-state index in [0.29, 0.717) is 5.92 Å². The van der Waals surface area contributed by atoms with Crippen molar-refractivity contribution in [2.45, 2.75) is 38.8 Å². The molecule has 2 heteroatoms. The third-order valence-electron chi connectivity index (χ3n) is 3.81. The number of rotatable bonds is 5. The SMILES string of the molecule is CCN(Cc1ccccc1)CC1CCCC1O. The lowest BCUT2D eigenvalue weighted by molar-refractivity contribution is 0.101. The Hall–Kier alpha value is -0.860.